The summed E-state index contributed by atoms with van der Waals surface area (Å²) in [7, 11) is 0. The van der Waals surface area contributed by atoms with Crippen LogP contribution in [0.3, 0.4) is 0 Å². The Balaban J connectivity index is 4.33. The number of rotatable bonds is 43. The lowest BCUT2D eigenvalue weighted by atomic mass is 10.1. The van der Waals surface area contributed by atoms with E-state index in [-0.39, 0.29) is 31.1 Å². The van der Waals surface area contributed by atoms with E-state index < -0.39 is 6.10 Å². The number of carbonyl (C=O) groups excluding carboxylic acids is 3. The highest BCUT2D eigenvalue weighted by Crippen LogP contribution is 2.14. The summed E-state index contributed by atoms with van der Waals surface area (Å²) in [4.78, 5) is 37.7. The van der Waals surface area contributed by atoms with Crippen LogP contribution in [-0.4, -0.2) is 37.2 Å². The number of ether oxygens (including phenoxy) is 3. The largest absolute Gasteiger partial charge is 0.462 e. The molecule has 0 aromatic heterocycles. The van der Waals surface area contributed by atoms with Crippen LogP contribution in [-0.2, 0) is 28.6 Å². The van der Waals surface area contributed by atoms with Crippen LogP contribution in [0, 0.1) is 0 Å². The van der Waals surface area contributed by atoms with Crippen molar-refractivity contribution in [3.63, 3.8) is 0 Å². The first-order valence-corrected chi connectivity index (χ1v) is 24.0. The zero-order valence-corrected chi connectivity index (χ0v) is 37.2. The molecule has 0 aliphatic heterocycles. The van der Waals surface area contributed by atoms with Gasteiger partial charge in [0.25, 0.3) is 0 Å². The van der Waals surface area contributed by atoms with Crippen molar-refractivity contribution in [3.8, 4) is 0 Å². The van der Waals surface area contributed by atoms with Gasteiger partial charge in [-0.1, -0.05) is 186 Å². The van der Waals surface area contributed by atoms with Crippen molar-refractivity contribution < 1.29 is 28.6 Å². The van der Waals surface area contributed by atoms with E-state index in [4.69, 9.17) is 14.2 Å². The SMILES string of the molecule is CCCCC/C=C\C/C=C\CCCCCCCCCC(=O)OC[C@@H](COC(=O)CCCCCCCCCCC)OC(=O)CCCCCCC/C=C\CCCCC. The van der Waals surface area contributed by atoms with Crippen LogP contribution in [0.1, 0.15) is 245 Å². The second-order valence-corrected chi connectivity index (χ2v) is 16.0. The molecular formula is C50H90O6. The van der Waals surface area contributed by atoms with Gasteiger partial charge in [-0.25, -0.2) is 0 Å². The van der Waals surface area contributed by atoms with E-state index in [1.807, 2.05) is 0 Å². The monoisotopic (exact) mass is 787 g/mol. The Hall–Kier alpha value is -2.37. The van der Waals surface area contributed by atoms with E-state index in [1.165, 1.54) is 122 Å². The zero-order valence-electron chi connectivity index (χ0n) is 37.2. The minimum atomic E-state index is -0.774. The van der Waals surface area contributed by atoms with Gasteiger partial charge in [0.1, 0.15) is 13.2 Å². The Morgan fingerprint density at radius 1 is 0.357 bits per heavy atom. The van der Waals surface area contributed by atoms with Crippen LogP contribution in [0.5, 0.6) is 0 Å². The summed E-state index contributed by atoms with van der Waals surface area (Å²) in [5.41, 5.74) is 0. The van der Waals surface area contributed by atoms with Crippen LogP contribution in [0.2, 0.25) is 0 Å². The van der Waals surface area contributed by atoms with Gasteiger partial charge in [-0.3, -0.25) is 14.4 Å². The molecule has 0 aliphatic rings. The summed E-state index contributed by atoms with van der Waals surface area (Å²) < 4.78 is 16.7. The highest BCUT2D eigenvalue weighted by Gasteiger charge is 2.19. The topological polar surface area (TPSA) is 78.9 Å². The van der Waals surface area contributed by atoms with Gasteiger partial charge in [-0.15, -0.1) is 0 Å². The Morgan fingerprint density at radius 2 is 0.643 bits per heavy atom. The average Bonchev–Trinajstić information content (AvgIpc) is 3.19. The highest BCUT2D eigenvalue weighted by atomic mass is 16.6. The van der Waals surface area contributed by atoms with Gasteiger partial charge in [0.2, 0.25) is 0 Å². The molecule has 1 atom stereocenters. The quantitative estimate of drug-likeness (QED) is 0.0265. The van der Waals surface area contributed by atoms with Crippen LogP contribution < -0.4 is 0 Å². The molecule has 0 rings (SSSR count). The van der Waals surface area contributed by atoms with E-state index >= 15 is 0 Å². The van der Waals surface area contributed by atoms with Crippen molar-refractivity contribution in [1.29, 1.82) is 0 Å². The second kappa shape index (κ2) is 45.3. The summed E-state index contributed by atoms with van der Waals surface area (Å²) in [6.07, 6.45) is 51.2. The maximum absolute atomic E-state index is 12.7. The Labute approximate surface area is 346 Å². The molecule has 0 spiro atoms. The van der Waals surface area contributed by atoms with Gasteiger partial charge in [-0.2, -0.15) is 0 Å². The standard InChI is InChI=1S/C50H90O6/c1-4-7-10-13-16-19-21-23-24-25-26-27-29-31-34-37-40-43-49(52)55-46-47(45-54-48(51)42-39-36-33-30-18-15-12-9-6-3)56-50(53)44-41-38-35-32-28-22-20-17-14-11-8-5-2/h16-17,19-20,23-24,47H,4-15,18,21-22,25-46H2,1-3H3/b19-16-,20-17-,24-23-/t47-/m1/s1. The first-order chi connectivity index (χ1) is 27.5. The van der Waals surface area contributed by atoms with Gasteiger partial charge in [0, 0.05) is 19.3 Å². The average molecular weight is 787 g/mol. The van der Waals surface area contributed by atoms with Crippen LogP contribution in [0.15, 0.2) is 36.5 Å². The Bertz CT molecular complexity index is 953. The molecule has 0 aliphatic carbocycles. The fraction of sp³-hybridized carbons (Fsp3) is 0.820. The number of hydrogen-bond acceptors (Lipinski definition) is 6. The van der Waals surface area contributed by atoms with Gasteiger partial charge >= 0.3 is 17.9 Å². The normalized spacial score (nSPS) is 12.3. The van der Waals surface area contributed by atoms with Crippen LogP contribution in [0.25, 0.3) is 0 Å². The molecule has 0 aromatic rings. The molecule has 0 amide bonds. The fourth-order valence-corrected chi connectivity index (χ4v) is 6.70. The van der Waals surface area contributed by atoms with Crippen molar-refractivity contribution in [2.75, 3.05) is 13.2 Å². The van der Waals surface area contributed by atoms with Gasteiger partial charge in [0.05, 0.1) is 0 Å². The van der Waals surface area contributed by atoms with E-state index in [1.54, 1.807) is 0 Å². The molecule has 0 N–H and O–H groups in total. The van der Waals surface area contributed by atoms with E-state index in [2.05, 4.69) is 57.2 Å². The van der Waals surface area contributed by atoms with Gasteiger partial charge in [0.15, 0.2) is 6.10 Å². The molecule has 0 saturated carbocycles. The predicted octanol–water partition coefficient (Wildman–Crippen LogP) is 15.4. The van der Waals surface area contributed by atoms with Crippen molar-refractivity contribution in [2.45, 2.75) is 252 Å². The molecule has 0 saturated heterocycles. The summed E-state index contributed by atoms with van der Waals surface area (Å²) in [6.45, 7) is 6.56. The third kappa shape index (κ3) is 42.8. The van der Waals surface area contributed by atoms with Crippen LogP contribution in [0.4, 0.5) is 0 Å². The number of allylic oxidation sites excluding steroid dienone is 6. The zero-order chi connectivity index (χ0) is 40.8. The Morgan fingerprint density at radius 3 is 1.04 bits per heavy atom. The molecular weight excluding hydrogens is 697 g/mol. The lowest BCUT2D eigenvalue weighted by molar-refractivity contribution is -0.167. The van der Waals surface area contributed by atoms with E-state index in [9.17, 15) is 14.4 Å². The Kier molecular flexibility index (Phi) is 43.4. The molecule has 0 unspecified atom stereocenters. The summed E-state index contributed by atoms with van der Waals surface area (Å²) >= 11 is 0. The van der Waals surface area contributed by atoms with Crippen molar-refractivity contribution in [1.82, 2.24) is 0 Å². The highest BCUT2D eigenvalue weighted by molar-refractivity contribution is 5.71. The van der Waals surface area contributed by atoms with E-state index in [0.29, 0.717) is 19.3 Å². The first kappa shape index (κ1) is 53.6. The third-order valence-electron chi connectivity index (χ3n) is 10.4. The summed E-state index contributed by atoms with van der Waals surface area (Å²) in [6, 6.07) is 0. The first-order valence-electron chi connectivity index (χ1n) is 24.0. The molecule has 0 aromatic carbocycles. The van der Waals surface area contributed by atoms with E-state index in [0.717, 1.165) is 83.5 Å². The lowest BCUT2D eigenvalue weighted by Crippen LogP contribution is -2.30. The predicted molar refractivity (Wildman–Crippen MR) is 238 cm³/mol. The number of carbonyl (C=O) groups is 3. The summed E-state index contributed by atoms with van der Waals surface area (Å²) in [5, 5.41) is 0. The van der Waals surface area contributed by atoms with Crippen LogP contribution >= 0.6 is 0 Å². The van der Waals surface area contributed by atoms with Crippen molar-refractivity contribution >= 4 is 17.9 Å². The molecule has 0 fully saturated rings. The van der Waals surface area contributed by atoms with Gasteiger partial charge in [-0.05, 0) is 77.0 Å². The molecule has 6 nitrogen and oxygen atoms in total. The third-order valence-corrected chi connectivity index (χ3v) is 10.4. The molecule has 0 radical (unpaired) electrons. The smallest absolute Gasteiger partial charge is 0.306 e. The molecule has 56 heavy (non-hydrogen) atoms. The van der Waals surface area contributed by atoms with Gasteiger partial charge < -0.3 is 14.2 Å². The number of esters is 3. The molecule has 0 heterocycles. The number of hydrogen-bond donors (Lipinski definition) is 0. The maximum atomic E-state index is 12.7. The molecule has 0 bridgehead atoms. The van der Waals surface area contributed by atoms with Crippen molar-refractivity contribution in [2.24, 2.45) is 0 Å². The molecule has 326 valence electrons. The molecule has 6 heteroatoms. The maximum Gasteiger partial charge on any atom is 0.306 e. The van der Waals surface area contributed by atoms with Crippen molar-refractivity contribution in [3.05, 3.63) is 36.5 Å². The minimum Gasteiger partial charge on any atom is -0.462 e. The second-order valence-electron chi connectivity index (χ2n) is 16.0. The lowest BCUT2D eigenvalue weighted by Gasteiger charge is -2.18. The minimum absolute atomic E-state index is 0.0762. The fourth-order valence-electron chi connectivity index (χ4n) is 6.70. The number of unbranched alkanes of at least 4 members (excludes halogenated alkanes) is 26. The summed E-state index contributed by atoms with van der Waals surface area (Å²) in [5.74, 6) is -0.892.